The summed E-state index contributed by atoms with van der Waals surface area (Å²) in [7, 11) is 1.63. The van der Waals surface area contributed by atoms with Crippen molar-refractivity contribution in [1.82, 2.24) is 14.9 Å². The number of benzene rings is 3. The quantitative estimate of drug-likeness (QED) is 0.190. The number of Topliss-reactive ketones (excluding diaryl/α,β-unsaturated/α-hetero) is 1. The summed E-state index contributed by atoms with van der Waals surface area (Å²) in [5.74, 6) is 2.50. The Morgan fingerprint density at radius 1 is 0.949 bits per heavy atom. The number of para-hydroxylation sites is 2. The van der Waals surface area contributed by atoms with E-state index in [4.69, 9.17) is 14.5 Å². The van der Waals surface area contributed by atoms with E-state index in [1.165, 1.54) is 0 Å². The molecule has 0 unspecified atom stereocenters. The highest BCUT2D eigenvalue weighted by atomic mass is 16.5. The van der Waals surface area contributed by atoms with Crippen molar-refractivity contribution in [2.75, 3.05) is 44.0 Å². The Morgan fingerprint density at radius 2 is 1.72 bits per heavy atom. The molecule has 0 radical (unpaired) electrons. The van der Waals surface area contributed by atoms with Crippen LogP contribution in [0.5, 0.6) is 11.5 Å². The minimum absolute atomic E-state index is 0.00391. The number of nitrogens with zero attached hydrogens (tertiary/aromatic N) is 3. The number of hydrogen-bond donors (Lipinski definition) is 2. The van der Waals surface area contributed by atoms with Crippen LogP contribution in [0.25, 0.3) is 11.1 Å². The number of likely N-dealkylation sites (N-methyl/N-ethyl adjacent to an activating group) is 1. The van der Waals surface area contributed by atoms with Gasteiger partial charge in [-0.25, -0.2) is 4.98 Å². The molecule has 0 fully saturated rings. The average Bonchev–Trinajstić information content (AvgIpc) is 2.97. The fourth-order valence-corrected chi connectivity index (χ4v) is 4.13. The summed E-state index contributed by atoms with van der Waals surface area (Å²) in [6.07, 6.45) is 1.75. The maximum absolute atomic E-state index is 12.0. The van der Waals surface area contributed by atoms with Crippen LogP contribution in [0.15, 0.2) is 79.0 Å². The molecule has 8 heteroatoms. The summed E-state index contributed by atoms with van der Waals surface area (Å²) < 4.78 is 11.4. The fraction of sp³-hybridized carbons (Fsp3) is 0.258. The molecule has 3 aromatic carbocycles. The molecule has 4 rings (SSSR count). The second kappa shape index (κ2) is 13.4. The van der Waals surface area contributed by atoms with Gasteiger partial charge in [0, 0.05) is 29.6 Å². The first-order chi connectivity index (χ1) is 19.0. The van der Waals surface area contributed by atoms with Gasteiger partial charge in [-0.05, 0) is 68.0 Å². The van der Waals surface area contributed by atoms with Crippen LogP contribution in [0, 0.1) is 0 Å². The van der Waals surface area contributed by atoms with Crippen molar-refractivity contribution in [3.8, 4) is 22.6 Å². The van der Waals surface area contributed by atoms with E-state index in [0.29, 0.717) is 29.7 Å². The van der Waals surface area contributed by atoms with E-state index in [9.17, 15) is 4.79 Å². The van der Waals surface area contributed by atoms with Crippen LogP contribution in [-0.2, 0) is 0 Å². The number of aromatic nitrogens is 2. The third kappa shape index (κ3) is 7.33. The van der Waals surface area contributed by atoms with Crippen molar-refractivity contribution in [1.29, 1.82) is 0 Å². The molecule has 0 aliphatic heterocycles. The lowest BCUT2D eigenvalue weighted by molar-refractivity contribution is 0.101. The Hall–Kier alpha value is -4.43. The Balaban J connectivity index is 1.57. The molecule has 8 nitrogen and oxygen atoms in total. The highest BCUT2D eigenvalue weighted by Crippen LogP contribution is 2.33. The van der Waals surface area contributed by atoms with Gasteiger partial charge in [0.25, 0.3) is 0 Å². The molecule has 0 saturated carbocycles. The van der Waals surface area contributed by atoms with Crippen LogP contribution >= 0.6 is 0 Å². The zero-order valence-corrected chi connectivity index (χ0v) is 22.9. The zero-order valence-electron chi connectivity index (χ0n) is 22.9. The number of ether oxygens (including phenoxy) is 2. The number of methoxy groups -OCH3 is 1. The SMILES string of the molecule is CCN(CC)CCOc1ccc(Nc2ncc(-c3cccc(C(C)=O)c3)c(Nc3ccccc3OC)n2)cc1. The van der Waals surface area contributed by atoms with Gasteiger partial charge >= 0.3 is 0 Å². The molecule has 0 aliphatic carbocycles. The van der Waals surface area contributed by atoms with E-state index in [-0.39, 0.29) is 5.78 Å². The highest BCUT2D eigenvalue weighted by Gasteiger charge is 2.14. The third-order valence-corrected chi connectivity index (χ3v) is 6.41. The normalized spacial score (nSPS) is 10.8. The number of carbonyl (C=O) groups is 1. The van der Waals surface area contributed by atoms with Gasteiger partial charge in [0.2, 0.25) is 5.95 Å². The van der Waals surface area contributed by atoms with Crippen molar-refractivity contribution in [3.63, 3.8) is 0 Å². The number of ketones is 1. The average molecular weight is 526 g/mol. The molecule has 0 bridgehead atoms. The van der Waals surface area contributed by atoms with Crippen LogP contribution < -0.4 is 20.1 Å². The topological polar surface area (TPSA) is 88.6 Å². The van der Waals surface area contributed by atoms with Crippen LogP contribution in [-0.4, -0.2) is 54.0 Å². The molecule has 0 amide bonds. The molecule has 1 aromatic heterocycles. The molecule has 39 heavy (non-hydrogen) atoms. The molecule has 0 aliphatic rings. The van der Waals surface area contributed by atoms with Crippen molar-refractivity contribution < 1.29 is 14.3 Å². The fourth-order valence-electron chi connectivity index (χ4n) is 4.13. The maximum atomic E-state index is 12.0. The number of nitrogens with one attached hydrogen (secondary N) is 2. The van der Waals surface area contributed by atoms with Crippen LogP contribution in [0.2, 0.25) is 0 Å². The first-order valence-corrected chi connectivity index (χ1v) is 13.1. The molecule has 2 N–H and O–H groups in total. The molecular weight excluding hydrogens is 490 g/mol. The van der Waals surface area contributed by atoms with E-state index in [1.54, 1.807) is 26.3 Å². The predicted molar refractivity (Wildman–Crippen MR) is 157 cm³/mol. The van der Waals surface area contributed by atoms with E-state index < -0.39 is 0 Å². The lowest BCUT2D eigenvalue weighted by Crippen LogP contribution is -2.27. The van der Waals surface area contributed by atoms with Gasteiger partial charge in [-0.2, -0.15) is 4.98 Å². The minimum Gasteiger partial charge on any atom is -0.495 e. The molecular formula is C31H35N5O3. The Bertz CT molecular complexity index is 1390. The highest BCUT2D eigenvalue weighted by molar-refractivity contribution is 5.96. The smallest absolute Gasteiger partial charge is 0.229 e. The van der Waals surface area contributed by atoms with E-state index in [2.05, 4.69) is 34.4 Å². The number of hydrogen-bond acceptors (Lipinski definition) is 8. The lowest BCUT2D eigenvalue weighted by Gasteiger charge is -2.18. The number of anilines is 4. The second-order valence-corrected chi connectivity index (χ2v) is 8.94. The van der Waals surface area contributed by atoms with E-state index in [1.807, 2.05) is 66.7 Å². The summed E-state index contributed by atoms with van der Waals surface area (Å²) in [4.78, 5) is 23.7. The van der Waals surface area contributed by atoms with Crippen LogP contribution in [0.1, 0.15) is 31.1 Å². The summed E-state index contributed by atoms with van der Waals surface area (Å²) in [6.45, 7) is 9.41. The zero-order chi connectivity index (χ0) is 27.6. The van der Waals surface area contributed by atoms with Gasteiger partial charge in [0.15, 0.2) is 5.78 Å². The predicted octanol–water partition coefficient (Wildman–Crippen LogP) is 6.56. The van der Waals surface area contributed by atoms with Crippen molar-refractivity contribution >= 4 is 28.9 Å². The largest absolute Gasteiger partial charge is 0.495 e. The molecule has 1 heterocycles. The third-order valence-electron chi connectivity index (χ3n) is 6.41. The van der Waals surface area contributed by atoms with Gasteiger partial charge < -0.3 is 25.0 Å². The van der Waals surface area contributed by atoms with Crippen molar-refractivity contribution in [2.24, 2.45) is 0 Å². The first-order valence-electron chi connectivity index (χ1n) is 13.1. The van der Waals surface area contributed by atoms with Gasteiger partial charge in [-0.15, -0.1) is 0 Å². The van der Waals surface area contributed by atoms with Gasteiger partial charge in [-0.1, -0.05) is 44.2 Å². The monoisotopic (exact) mass is 525 g/mol. The summed E-state index contributed by atoms with van der Waals surface area (Å²) >= 11 is 0. The van der Waals surface area contributed by atoms with Crippen molar-refractivity contribution in [2.45, 2.75) is 20.8 Å². The van der Waals surface area contributed by atoms with Gasteiger partial charge in [-0.3, -0.25) is 4.79 Å². The number of carbonyl (C=O) groups excluding carboxylic acids is 1. The van der Waals surface area contributed by atoms with E-state index >= 15 is 0 Å². The number of rotatable bonds is 13. The molecule has 0 atom stereocenters. The maximum Gasteiger partial charge on any atom is 0.229 e. The van der Waals surface area contributed by atoms with Crippen molar-refractivity contribution in [3.05, 3.63) is 84.6 Å². The van der Waals surface area contributed by atoms with Crippen LogP contribution in [0.4, 0.5) is 23.1 Å². The Kier molecular flexibility index (Phi) is 9.48. The molecule has 4 aromatic rings. The summed E-state index contributed by atoms with van der Waals surface area (Å²) in [5, 5.41) is 6.67. The Morgan fingerprint density at radius 3 is 2.44 bits per heavy atom. The first kappa shape index (κ1) is 27.6. The van der Waals surface area contributed by atoms with Gasteiger partial charge in [0.05, 0.1) is 12.8 Å². The minimum atomic E-state index is -0.00391. The van der Waals surface area contributed by atoms with E-state index in [0.717, 1.165) is 47.9 Å². The molecule has 0 saturated heterocycles. The molecule has 202 valence electrons. The second-order valence-electron chi connectivity index (χ2n) is 8.94. The Labute approximate surface area is 230 Å². The van der Waals surface area contributed by atoms with Gasteiger partial charge in [0.1, 0.15) is 23.9 Å². The standard InChI is InChI=1S/C31H35N5O3/c1-5-36(6-2)18-19-39-26-16-14-25(15-17-26)33-31-32-21-27(24-11-9-10-23(20-24)22(3)37)30(35-31)34-28-12-7-8-13-29(28)38-4/h7-17,20-21H,5-6,18-19H2,1-4H3,(H2,32,33,34,35). The summed E-state index contributed by atoms with van der Waals surface area (Å²) in [6, 6.07) is 22.8. The summed E-state index contributed by atoms with van der Waals surface area (Å²) in [5.41, 5.74) is 3.81. The molecule has 0 spiro atoms. The lowest BCUT2D eigenvalue weighted by atomic mass is 10.0. The van der Waals surface area contributed by atoms with Crippen LogP contribution in [0.3, 0.4) is 0 Å².